The molecule has 2 rings (SSSR count). The molecule has 2 aliphatic heterocycles. The number of piperidine rings is 1. The van der Waals surface area contributed by atoms with Gasteiger partial charge in [0.25, 0.3) is 0 Å². The molecule has 2 bridgehead atoms. The molecule has 2 aliphatic rings. The monoisotopic (exact) mass is 129 g/mol. The molecule has 46 valence electrons. The maximum Gasteiger partial charge on any atom is 0.0538 e. The van der Waals surface area contributed by atoms with E-state index in [-0.39, 0.29) is 0 Å². The first-order chi connectivity index (χ1) is 3.86. The van der Waals surface area contributed by atoms with Gasteiger partial charge in [-0.15, -0.1) is 11.8 Å². The van der Waals surface area contributed by atoms with E-state index in [1.165, 1.54) is 12.8 Å². The van der Waals surface area contributed by atoms with Crippen LogP contribution in [0, 0.1) is 0 Å². The predicted molar refractivity (Wildman–Crippen MR) is 37.0 cm³/mol. The van der Waals surface area contributed by atoms with Gasteiger partial charge in [-0.3, -0.25) is 0 Å². The quantitative estimate of drug-likeness (QED) is 0.527. The third-order valence-electron chi connectivity index (χ3n) is 2.06. The average Bonchev–Trinajstić information content (AvgIpc) is 2.23. The molecule has 2 fully saturated rings. The van der Waals surface area contributed by atoms with Crippen LogP contribution in [-0.2, 0) is 0 Å². The average molecular weight is 129 g/mol. The summed E-state index contributed by atoms with van der Waals surface area (Å²) < 4.78 is 0. The van der Waals surface area contributed by atoms with E-state index in [1.54, 1.807) is 0 Å². The zero-order chi connectivity index (χ0) is 5.56. The second kappa shape index (κ2) is 1.64. The Morgan fingerprint density at radius 2 is 2.38 bits per heavy atom. The second-order valence-corrected chi connectivity index (χ2v) is 4.14. The molecule has 0 radical (unpaired) electrons. The van der Waals surface area contributed by atoms with Gasteiger partial charge in [0, 0.05) is 11.3 Å². The largest absolute Gasteiger partial charge is 0.302 e. The summed E-state index contributed by atoms with van der Waals surface area (Å²) in [6.45, 7) is 2.29. The fourth-order valence-corrected chi connectivity index (χ4v) is 3.13. The van der Waals surface area contributed by atoms with Gasteiger partial charge in [0.2, 0.25) is 0 Å². The van der Waals surface area contributed by atoms with E-state index in [9.17, 15) is 0 Å². The first-order valence-electron chi connectivity index (χ1n) is 3.28. The van der Waals surface area contributed by atoms with Gasteiger partial charge in [0.15, 0.2) is 0 Å². The predicted octanol–water partition coefficient (Wildman–Crippen LogP) is 1.20. The van der Waals surface area contributed by atoms with E-state index in [0.29, 0.717) is 0 Å². The highest BCUT2D eigenvalue weighted by Gasteiger charge is 2.36. The van der Waals surface area contributed by atoms with Gasteiger partial charge in [0.05, 0.1) is 5.37 Å². The fourth-order valence-electron chi connectivity index (χ4n) is 1.55. The van der Waals surface area contributed by atoms with E-state index in [0.717, 1.165) is 16.7 Å². The number of thioether (sulfide) groups is 1. The summed E-state index contributed by atoms with van der Waals surface area (Å²) in [5.74, 6) is 0. The summed E-state index contributed by atoms with van der Waals surface area (Å²) >= 11 is 2.13. The molecule has 0 aromatic heterocycles. The minimum atomic E-state index is 0.791. The Kier molecular flexibility index (Phi) is 1.05. The lowest BCUT2D eigenvalue weighted by molar-refractivity contribution is 0.454. The fraction of sp³-hybridized carbons (Fsp3) is 1.00. The minimum absolute atomic E-state index is 0.791. The van der Waals surface area contributed by atoms with Crippen molar-refractivity contribution < 1.29 is 0 Å². The first-order valence-corrected chi connectivity index (χ1v) is 4.22. The SMILES string of the molecule is CC1NC2CCC1S2. The van der Waals surface area contributed by atoms with Crippen LogP contribution in [0.2, 0.25) is 0 Å². The lowest BCUT2D eigenvalue weighted by atomic mass is 10.1. The summed E-state index contributed by atoms with van der Waals surface area (Å²) in [6.07, 6.45) is 2.85. The molecule has 0 spiro atoms. The maximum atomic E-state index is 3.52. The van der Waals surface area contributed by atoms with Gasteiger partial charge < -0.3 is 5.32 Å². The van der Waals surface area contributed by atoms with Crippen molar-refractivity contribution >= 4 is 11.8 Å². The molecular formula is C6H11NS. The molecule has 1 N–H and O–H groups in total. The van der Waals surface area contributed by atoms with Gasteiger partial charge in [0.1, 0.15) is 0 Å². The van der Waals surface area contributed by atoms with Gasteiger partial charge in [-0.05, 0) is 19.8 Å². The van der Waals surface area contributed by atoms with Crippen molar-refractivity contribution in [3.05, 3.63) is 0 Å². The van der Waals surface area contributed by atoms with Crippen molar-refractivity contribution in [2.45, 2.75) is 36.4 Å². The van der Waals surface area contributed by atoms with Crippen molar-refractivity contribution in [2.24, 2.45) is 0 Å². The Labute approximate surface area is 54.2 Å². The van der Waals surface area contributed by atoms with Crippen LogP contribution in [0.15, 0.2) is 0 Å². The number of rotatable bonds is 0. The summed E-state index contributed by atoms with van der Waals surface area (Å²) in [6, 6.07) is 0.791. The topological polar surface area (TPSA) is 12.0 Å². The van der Waals surface area contributed by atoms with Gasteiger partial charge >= 0.3 is 0 Å². The number of hydrogen-bond donors (Lipinski definition) is 1. The smallest absolute Gasteiger partial charge is 0.0538 e. The molecule has 3 unspecified atom stereocenters. The van der Waals surface area contributed by atoms with E-state index in [1.807, 2.05) is 0 Å². The van der Waals surface area contributed by atoms with E-state index >= 15 is 0 Å². The van der Waals surface area contributed by atoms with Crippen molar-refractivity contribution in [3.8, 4) is 0 Å². The molecule has 2 heterocycles. The molecule has 0 aliphatic carbocycles. The molecule has 0 aromatic carbocycles. The summed E-state index contributed by atoms with van der Waals surface area (Å²) in [7, 11) is 0. The molecule has 0 saturated carbocycles. The van der Waals surface area contributed by atoms with Crippen molar-refractivity contribution in [2.75, 3.05) is 0 Å². The van der Waals surface area contributed by atoms with Crippen molar-refractivity contribution in [1.29, 1.82) is 0 Å². The van der Waals surface area contributed by atoms with Crippen molar-refractivity contribution in [3.63, 3.8) is 0 Å². The van der Waals surface area contributed by atoms with E-state index in [4.69, 9.17) is 0 Å². The number of nitrogens with one attached hydrogen (secondary N) is 1. The Morgan fingerprint density at radius 1 is 1.50 bits per heavy atom. The van der Waals surface area contributed by atoms with Crippen LogP contribution in [-0.4, -0.2) is 16.7 Å². The Bertz CT molecular complexity index is 103. The highest BCUT2D eigenvalue weighted by Crippen LogP contribution is 2.39. The molecule has 3 atom stereocenters. The molecule has 1 nitrogen and oxygen atoms in total. The zero-order valence-electron chi connectivity index (χ0n) is 5.05. The lowest BCUT2D eigenvalue weighted by Gasteiger charge is -2.15. The van der Waals surface area contributed by atoms with Gasteiger partial charge in [-0.25, -0.2) is 0 Å². The molecule has 2 heteroatoms. The molecule has 0 amide bonds. The Hall–Kier alpha value is 0.310. The number of fused-ring (bicyclic) bond motifs is 2. The summed E-state index contributed by atoms with van der Waals surface area (Å²) in [5.41, 5.74) is 0. The Morgan fingerprint density at radius 3 is 2.62 bits per heavy atom. The second-order valence-electron chi connectivity index (χ2n) is 2.70. The highest BCUT2D eigenvalue weighted by atomic mass is 32.2. The van der Waals surface area contributed by atoms with Crippen LogP contribution in [0.1, 0.15) is 19.8 Å². The molecule has 2 saturated heterocycles. The Balaban J connectivity index is 2.11. The first kappa shape index (κ1) is 5.12. The van der Waals surface area contributed by atoms with Crippen LogP contribution in [0.25, 0.3) is 0 Å². The van der Waals surface area contributed by atoms with Gasteiger partial charge in [-0.2, -0.15) is 0 Å². The third kappa shape index (κ3) is 0.594. The highest BCUT2D eigenvalue weighted by molar-refractivity contribution is 8.01. The normalized spacial score (nSPS) is 52.9. The third-order valence-corrected chi connectivity index (χ3v) is 3.75. The van der Waals surface area contributed by atoms with Crippen LogP contribution in [0.5, 0.6) is 0 Å². The van der Waals surface area contributed by atoms with Gasteiger partial charge in [-0.1, -0.05) is 0 Å². The summed E-state index contributed by atoms with van der Waals surface area (Å²) in [4.78, 5) is 0. The molecule has 8 heavy (non-hydrogen) atoms. The van der Waals surface area contributed by atoms with Crippen LogP contribution >= 0.6 is 11.8 Å². The van der Waals surface area contributed by atoms with Crippen LogP contribution in [0.4, 0.5) is 0 Å². The minimum Gasteiger partial charge on any atom is -0.302 e. The standard InChI is InChI=1S/C6H11NS/c1-4-5-2-3-6(7-4)8-5/h4-7H,2-3H2,1H3. The van der Waals surface area contributed by atoms with Crippen LogP contribution < -0.4 is 5.32 Å². The maximum absolute atomic E-state index is 3.52. The number of hydrogen-bond acceptors (Lipinski definition) is 2. The molecule has 0 aromatic rings. The van der Waals surface area contributed by atoms with Crippen molar-refractivity contribution in [1.82, 2.24) is 5.32 Å². The lowest BCUT2D eigenvalue weighted by Crippen LogP contribution is -2.34. The van der Waals surface area contributed by atoms with E-state index in [2.05, 4.69) is 24.0 Å². The molecular weight excluding hydrogens is 118 g/mol. The van der Waals surface area contributed by atoms with E-state index < -0.39 is 0 Å². The van der Waals surface area contributed by atoms with Crippen LogP contribution in [0.3, 0.4) is 0 Å². The zero-order valence-corrected chi connectivity index (χ0v) is 5.87. The summed E-state index contributed by atoms with van der Waals surface area (Å²) in [5, 5.41) is 5.28.